The molecule has 0 saturated heterocycles. The fourth-order valence-electron chi connectivity index (χ4n) is 4.59. The minimum absolute atomic E-state index is 0.842. The molecule has 0 radical (unpaired) electrons. The second-order valence-electron chi connectivity index (χ2n) is 7.99. The Bertz CT molecular complexity index is 1740. The van der Waals surface area contributed by atoms with Gasteiger partial charge in [-0.25, -0.2) is 4.98 Å². The molecule has 4 heteroatoms. The molecule has 0 spiro atoms. The van der Waals surface area contributed by atoms with Crippen molar-refractivity contribution in [2.24, 2.45) is 0 Å². The van der Waals surface area contributed by atoms with E-state index < -0.39 is 0 Å². The fraction of sp³-hybridized carbons (Fsp3) is 0. The van der Waals surface area contributed by atoms with Gasteiger partial charge >= 0.3 is 0 Å². The maximum Gasteiger partial charge on any atom is 0.155 e. The van der Waals surface area contributed by atoms with E-state index in [1.165, 1.54) is 16.5 Å². The van der Waals surface area contributed by atoms with Gasteiger partial charge in [0.25, 0.3) is 0 Å². The van der Waals surface area contributed by atoms with Gasteiger partial charge in [0.05, 0.1) is 11.9 Å². The SMILES string of the molecule is c1ccc2c(c1)oc1c3ccccc3c(-c3ccc(-c4cn5ccncc5n4)cc3)cc21. The van der Waals surface area contributed by atoms with Gasteiger partial charge in [0, 0.05) is 40.3 Å². The molecular formula is C28H17N3O. The summed E-state index contributed by atoms with van der Waals surface area (Å²) in [6.07, 6.45) is 7.48. The first kappa shape index (κ1) is 17.3. The van der Waals surface area contributed by atoms with Crippen molar-refractivity contribution in [2.45, 2.75) is 0 Å². The van der Waals surface area contributed by atoms with E-state index in [1.54, 1.807) is 12.4 Å². The van der Waals surface area contributed by atoms with E-state index in [0.717, 1.165) is 44.2 Å². The first-order valence-corrected chi connectivity index (χ1v) is 10.6. The zero-order chi connectivity index (χ0) is 21.1. The molecular weight excluding hydrogens is 394 g/mol. The fourth-order valence-corrected chi connectivity index (χ4v) is 4.59. The van der Waals surface area contributed by atoms with Crippen molar-refractivity contribution in [3.05, 3.63) is 104 Å². The lowest BCUT2D eigenvalue weighted by Crippen LogP contribution is -1.84. The number of fused-ring (bicyclic) bond motifs is 6. The van der Waals surface area contributed by atoms with E-state index in [4.69, 9.17) is 9.40 Å². The van der Waals surface area contributed by atoms with Crippen molar-refractivity contribution in [3.63, 3.8) is 0 Å². The molecule has 0 aliphatic rings. The molecule has 4 aromatic carbocycles. The van der Waals surface area contributed by atoms with Crippen LogP contribution >= 0.6 is 0 Å². The summed E-state index contributed by atoms with van der Waals surface area (Å²) in [5.41, 5.74) is 7.09. The van der Waals surface area contributed by atoms with Crippen LogP contribution in [0, 0.1) is 0 Å². The molecule has 0 saturated carbocycles. The van der Waals surface area contributed by atoms with Gasteiger partial charge in [0.15, 0.2) is 5.65 Å². The maximum absolute atomic E-state index is 6.25. The van der Waals surface area contributed by atoms with Crippen LogP contribution in [0.3, 0.4) is 0 Å². The molecule has 3 heterocycles. The summed E-state index contributed by atoms with van der Waals surface area (Å²) in [6, 6.07) is 27.6. The second kappa shape index (κ2) is 6.53. The summed E-state index contributed by atoms with van der Waals surface area (Å²) in [7, 11) is 0. The second-order valence-corrected chi connectivity index (χ2v) is 7.99. The molecule has 0 N–H and O–H groups in total. The lowest BCUT2D eigenvalue weighted by atomic mass is 9.94. The highest BCUT2D eigenvalue weighted by atomic mass is 16.3. The van der Waals surface area contributed by atoms with Gasteiger partial charge in [0.1, 0.15) is 11.2 Å². The van der Waals surface area contributed by atoms with Gasteiger partial charge in [-0.3, -0.25) is 4.98 Å². The molecule has 0 unspecified atom stereocenters. The number of rotatable bonds is 2. The van der Waals surface area contributed by atoms with Crippen LogP contribution in [0.4, 0.5) is 0 Å². The Hall–Kier alpha value is -4.44. The molecule has 0 fully saturated rings. The third kappa shape index (κ3) is 2.50. The summed E-state index contributed by atoms with van der Waals surface area (Å²) in [4.78, 5) is 8.85. The molecule has 7 rings (SSSR count). The van der Waals surface area contributed by atoms with E-state index in [9.17, 15) is 0 Å². The molecule has 32 heavy (non-hydrogen) atoms. The number of hydrogen-bond donors (Lipinski definition) is 0. The topological polar surface area (TPSA) is 43.3 Å². The van der Waals surface area contributed by atoms with Gasteiger partial charge in [-0.1, -0.05) is 66.7 Å². The number of hydrogen-bond acceptors (Lipinski definition) is 3. The van der Waals surface area contributed by atoms with Crippen LogP contribution in [0.25, 0.3) is 60.7 Å². The maximum atomic E-state index is 6.25. The van der Waals surface area contributed by atoms with E-state index in [0.29, 0.717) is 0 Å². The summed E-state index contributed by atoms with van der Waals surface area (Å²) in [6.45, 7) is 0. The average Bonchev–Trinajstić information content (AvgIpc) is 3.45. The van der Waals surface area contributed by atoms with Crippen LogP contribution in [0.1, 0.15) is 0 Å². The molecule has 0 aliphatic heterocycles. The highest BCUT2D eigenvalue weighted by Gasteiger charge is 2.14. The van der Waals surface area contributed by atoms with Crippen molar-refractivity contribution >= 4 is 38.4 Å². The summed E-state index contributed by atoms with van der Waals surface area (Å²) in [5, 5.41) is 4.61. The molecule has 4 nitrogen and oxygen atoms in total. The molecule has 0 bridgehead atoms. The predicted octanol–water partition coefficient (Wildman–Crippen LogP) is 7.12. The van der Waals surface area contributed by atoms with Crippen molar-refractivity contribution in [2.75, 3.05) is 0 Å². The molecule has 150 valence electrons. The van der Waals surface area contributed by atoms with Crippen molar-refractivity contribution in [1.82, 2.24) is 14.4 Å². The summed E-state index contributed by atoms with van der Waals surface area (Å²) >= 11 is 0. The Labute approximate surface area is 183 Å². The Morgan fingerprint density at radius 1 is 0.719 bits per heavy atom. The lowest BCUT2D eigenvalue weighted by Gasteiger charge is -2.09. The van der Waals surface area contributed by atoms with Crippen LogP contribution in [0.15, 0.2) is 108 Å². The smallest absolute Gasteiger partial charge is 0.155 e. The van der Waals surface area contributed by atoms with Gasteiger partial charge in [-0.15, -0.1) is 0 Å². The molecule has 0 atom stereocenters. The highest BCUT2D eigenvalue weighted by Crippen LogP contribution is 2.39. The molecule has 7 aromatic rings. The zero-order valence-electron chi connectivity index (χ0n) is 17.1. The minimum Gasteiger partial charge on any atom is -0.455 e. The summed E-state index contributed by atoms with van der Waals surface area (Å²) in [5.74, 6) is 0. The Morgan fingerprint density at radius 2 is 1.47 bits per heavy atom. The number of para-hydroxylation sites is 1. The lowest BCUT2D eigenvalue weighted by molar-refractivity contribution is 0.672. The number of aromatic nitrogens is 3. The van der Waals surface area contributed by atoms with Crippen molar-refractivity contribution in [3.8, 4) is 22.4 Å². The van der Waals surface area contributed by atoms with E-state index in [-0.39, 0.29) is 0 Å². The number of imidazole rings is 1. The number of nitrogens with zero attached hydrogens (tertiary/aromatic N) is 3. The zero-order valence-corrected chi connectivity index (χ0v) is 17.1. The first-order chi connectivity index (χ1) is 15.8. The van der Waals surface area contributed by atoms with Crippen LogP contribution in [0.2, 0.25) is 0 Å². The predicted molar refractivity (Wildman–Crippen MR) is 129 cm³/mol. The normalized spacial score (nSPS) is 11.8. The standard InChI is InChI=1S/C28H17N3O/c1-2-7-22-20(5-1)23(15-24-21-6-3-4-8-26(21)32-28(22)24)18-9-11-19(12-10-18)25-17-31-14-13-29-16-27(31)30-25/h1-17H. The Morgan fingerprint density at radius 3 is 2.31 bits per heavy atom. The van der Waals surface area contributed by atoms with E-state index >= 15 is 0 Å². The van der Waals surface area contributed by atoms with Crippen LogP contribution in [0.5, 0.6) is 0 Å². The molecule has 3 aromatic heterocycles. The minimum atomic E-state index is 0.842. The molecule has 0 aliphatic carbocycles. The first-order valence-electron chi connectivity index (χ1n) is 10.6. The van der Waals surface area contributed by atoms with Crippen LogP contribution < -0.4 is 0 Å². The van der Waals surface area contributed by atoms with Crippen molar-refractivity contribution in [1.29, 1.82) is 0 Å². The van der Waals surface area contributed by atoms with Gasteiger partial charge < -0.3 is 8.82 Å². The third-order valence-electron chi connectivity index (χ3n) is 6.14. The number of furan rings is 1. The van der Waals surface area contributed by atoms with Gasteiger partial charge in [-0.05, 0) is 28.6 Å². The Kier molecular flexibility index (Phi) is 3.52. The van der Waals surface area contributed by atoms with Crippen LogP contribution in [-0.2, 0) is 0 Å². The third-order valence-corrected chi connectivity index (χ3v) is 6.14. The monoisotopic (exact) mass is 411 g/mol. The van der Waals surface area contributed by atoms with Gasteiger partial charge in [0.2, 0.25) is 0 Å². The van der Waals surface area contributed by atoms with E-state index in [2.05, 4.69) is 71.7 Å². The van der Waals surface area contributed by atoms with Gasteiger partial charge in [-0.2, -0.15) is 0 Å². The van der Waals surface area contributed by atoms with E-state index in [1.807, 2.05) is 28.9 Å². The quantitative estimate of drug-likeness (QED) is 0.304. The average molecular weight is 411 g/mol. The van der Waals surface area contributed by atoms with Crippen LogP contribution in [-0.4, -0.2) is 14.4 Å². The Balaban J connectivity index is 1.43. The number of benzene rings is 4. The largest absolute Gasteiger partial charge is 0.455 e. The molecule has 0 amide bonds. The highest BCUT2D eigenvalue weighted by molar-refractivity contribution is 6.19. The summed E-state index contributed by atoms with van der Waals surface area (Å²) < 4.78 is 8.23. The van der Waals surface area contributed by atoms with Crippen molar-refractivity contribution < 1.29 is 4.42 Å².